The van der Waals surface area contributed by atoms with E-state index in [0.717, 1.165) is 16.7 Å². The molecule has 0 bridgehead atoms. The van der Waals surface area contributed by atoms with Crippen LogP contribution in [0.1, 0.15) is 5.56 Å². The number of benzene rings is 1. The molecule has 0 aromatic heterocycles. The highest BCUT2D eigenvalue weighted by Gasteiger charge is 2.14. The minimum atomic E-state index is -0.655. The Morgan fingerprint density at radius 1 is 1.38 bits per heavy atom. The monoisotopic (exact) mass is 284 g/mol. The highest BCUT2D eigenvalue weighted by molar-refractivity contribution is 5.70. The molecule has 0 aliphatic carbocycles. The topological polar surface area (TPSA) is 98.5 Å². The van der Waals surface area contributed by atoms with Crippen LogP contribution in [-0.2, 0) is 11.3 Å². The third-order valence-electron chi connectivity index (χ3n) is 2.59. The summed E-state index contributed by atoms with van der Waals surface area (Å²) in [5.74, 6) is -0.325. The Hall–Kier alpha value is -3.18. The van der Waals surface area contributed by atoms with Gasteiger partial charge >= 0.3 is 6.09 Å². The van der Waals surface area contributed by atoms with Crippen molar-refractivity contribution in [1.82, 2.24) is 4.90 Å². The number of aliphatic hydroxyl groups is 1. The third kappa shape index (κ3) is 3.89. The number of aliphatic hydroxyl groups excluding tert-OH is 1. The first-order valence-corrected chi connectivity index (χ1v) is 6.04. The Bertz CT molecular complexity index is 658. The van der Waals surface area contributed by atoms with E-state index in [2.05, 4.69) is 10.0 Å². The van der Waals surface area contributed by atoms with E-state index in [4.69, 9.17) is 10.3 Å². The molecule has 7 nitrogen and oxygen atoms in total. The second kappa shape index (κ2) is 6.83. The van der Waals surface area contributed by atoms with Crippen molar-refractivity contribution in [2.24, 2.45) is 5.11 Å². The normalized spacial score (nSPS) is 13.6. The molecule has 7 heteroatoms. The summed E-state index contributed by atoms with van der Waals surface area (Å²) in [4.78, 5) is 15.6. The standard InChI is InChI=1S/C14H12N4O3/c15-17-16-12-7-4-8-18(9-13(12)19)14(20)21-10-11-5-2-1-3-6-11/h1-9,19H,10H2. The summed E-state index contributed by atoms with van der Waals surface area (Å²) in [5, 5.41) is 13.0. The van der Waals surface area contributed by atoms with E-state index in [1.54, 1.807) is 0 Å². The van der Waals surface area contributed by atoms with E-state index in [1.807, 2.05) is 30.3 Å². The zero-order valence-electron chi connectivity index (χ0n) is 11.0. The van der Waals surface area contributed by atoms with Gasteiger partial charge in [0.25, 0.3) is 0 Å². The van der Waals surface area contributed by atoms with E-state index < -0.39 is 6.09 Å². The molecule has 1 amide bonds. The highest BCUT2D eigenvalue weighted by atomic mass is 16.6. The van der Waals surface area contributed by atoms with Crippen LogP contribution in [0.15, 0.2) is 71.5 Å². The summed E-state index contributed by atoms with van der Waals surface area (Å²) >= 11 is 0. The molecule has 0 fully saturated rings. The van der Waals surface area contributed by atoms with Gasteiger partial charge in [0.1, 0.15) is 12.4 Å². The van der Waals surface area contributed by atoms with Gasteiger partial charge in [-0.1, -0.05) is 35.4 Å². The quantitative estimate of drug-likeness (QED) is 0.519. The SMILES string of the molecule is [N-]=[N+]=NC1=CC=CN(C(=O)OCc2ccccc2)C=C1O. The molecule has 0 saturated heterocycles. The first-order chi connectivity index (χ1) is 10.2. The zero-order valence-corrected chi connectivity index (χ0v) is 11.0. The summed E-state index contributed by atoms with van der Waals surface area (Å²) in [6.07, 6.45) is 4.71. The van der Waals surface area contributed by atoms with Crippen LogP contribution >= 0.6 is 0 Å². The Balaban J connectivity index is 2.02. The first-order valence-electron chi connectivity index (χ1n) is 6.04. The number of carbonyl (C=O) groups excluding carboxylic acids is 1. The van der Waals surface area contributed by atoms with Crippen LogP contribution in [0.4, 0.5) is 4.79 Å². The fourth-order valence-electron chi connectivity index (χ4n) is 1.59. The summed E-state index contributed by atoms with van der Waals surface area (Å²) in [5.41, 5.74) is 9.24. The second-order valence-electron chi connectivity index (χ2n) is 4.04. The maximum atomic E-state index is 11.9. The minimum absolute atomic E-state index is 0.0205. The molecule has 0 unspecified atom stereocenters. The fourth-order valence-corrected chi connectivity index (χ4v) is 1.59. The lowest BCUT2D eigenvalue weighted by atomic mass is 10.2. The number of ether oxygens (including phenoxy) is 1. The van der Waals surface area contributed by atoms with Crippen LogP contribution in [0, 0.1) is 0 Å². The molecule has 1 heterocycles. The van der Waals surface area contributed by atoms with Crippen molar-refractivity contribution in [2.45, 2.75) is 6.61 Å². The molecule has 0 saturated carbocycles. The summed E-state index contributed by atoms with van der Waals surface area (Å²) in [6, 6.07) is 9.22. The summed E-state index contributed by atoms with van der Waals surface area (Å²) in [7, 11) is 0. The van der Waals surface area contributed by atoms with Gasteiger partial charge in [-0.3, -0.25) is 4.90 Å². The second-order valence-corrected chi connectivity index (χ2v) is 4.04. The molecule has 1 aliphatic heterocycles. The molecule has 0 spiro atoms. The van der Waals surface area contributed by atoms with Crippen LogP contribution in [0.2, 0.25) is 0 Å². The lowest BCUT2D eigenvalue weighted by molar-refractivity contribution is 0.120. The average molecular weight is 284 g/mol. The molecule has 0 radical (unpaired) electrons. The van der Waals surface area contributed by atoms with Gasteiger partial charge < -0.3 is 9.84 Å². The van der Waals surface area contributed by atoms with Gasteiger partial charge in [0.05, 0.1) is 11.9 Å². The number of amides is 1. The molecule has 1 N–H and O–H groups in total. The van der Waals surface area contributed by atoms with Crippen molar-refractivity contribution in [1.29, 1.82) is 0 Å². The van der Waals surface area contributed by atoms with Gasteiger partial charge in [-0.05, 0) is 23.2 Å². The number of azide groups is 1. The molecule has 21 heavy (non-hydrogen) atoms. The van der Waals surface area contributed by atoms with Gasteiger partial charge in [-0.25, -0.2) is 4.79 Å². The number of nitrogens with zero attached hydrogens (tertiary/aromatic N) is 4. The van der Waals surface area contributed by atoms with Crippen LogP contribution in [0.25, 0.3) is 10.4 Å². The molecule has 1 aromatic rings. The summed E-state index contributed by atoms with van der Waals surface area (Å²) in [6.45, 7) is 0.120. The van der Waals surface area contributed by atoms with Crippen molar-refractivity contribution in [2.75, 3.05) is 0 Å². The maximum Gasteiger partial charge on any atom is 0.418 e. The Morgan fingerprint density at radius 2 is 2.14 bits per heavy atom. The Labute approximate surface area is 120 Å². The van der Waals surface area contributed by atoms with Crippen LogP contribution in [0.3, 0.4) is 0 Å². The van der Waals surface area contributed by atoms with Crippen molar-refractivity contribution in [3.8, 4) is 0 Å². The number of allylic oxidation sites excluding steroid dienone is 2. The molecule has 2 rings (SSSR count). The highest BCUT2D eigenvalue weighted by Crippen LogP contribution is 2.15. The molecular formula is C14H12N4O3. The van der Waals surface area contributed by atoms with Gasteiger partial charge in [0.2, 0.25) is 0 Å². The molecular weight excluding hydrogens is 272 g/mol. The van der Waals surface area contributed by atoms with Crippen LogP contribution in [0.5, 0.6) is 0 Å². The zero-order chi connectivity index (χ0) is 15.1. The van der Waals surface area contributed by atoms with Gasteiger partial charge in [-0.15, -0.1) is 0 Å². The molecule has 1 aliphatic rings. The van der Waals surface area contributed by atoms with Gasteiger partial charge in [0, 0.05) is 11.1 Å². The fraction of sp³-hybridized carbons (Fsp3) is 0.0714. The Kier molecular flexibility index (Phi) is 4.63. The first kappa shape index (κ1) is 14.2. The number of rotatable bonds is 3. The van der Waals surface area contributed by atoms with E-state index >= 15 is 0 Å². The van der Waals surface area contributed by atoms with Crippen molar-refractivity contribution < 1.29 is 14.6 Å². The smallest absolute Gasteiger partial charge is 0.418 e. The van der Waals surface area contributed by atoms with E-state index in [0.29, 0.717) is 0 Å². The van der Waals surface area contributed by atoms with E-state index in [-0.39, 0.29) is 18.1 Å². The predicted octanol–water partition coefficient (Wildman–Crippen LogP) is 3.75. The molecule has 106 valence electrons. The molecule has 0 atom stereocenters. The molecule has 1 aromatic carbocycles. The maximum absolute atomic E-state index is 11.9. The minimum Gasteiger partial charge on any atom is -0.506 e. The third-order valence-corrected chi connectivity index (χ3v) is 2.59. The number of hydrogen-bond acceptors (Lipinski definition) is 4. The van der Waals surface area contributed by atoms with E-state index in [1.165, 1.54) is 18.4 Å². The lowest BCUT2D eigenvalue weighted by Crippen LogP contribution is -2.21. The van der Waals surface area contributed by atoms with Gasteiger partial charge in [0.15, 0.2) is 0 Å². The predicted molar refractivity (Wildman–Crippen MR) is 75.5 cm³/mol. The van der Waals surface area contributed by atoms with Crippen molar-refractivity contribution >= 4 is 6.09 Å². The summed E-state index contributed by atoms with van der Waals surface area (Å²) < 4.78 is 5.12. The van der Waals surface area contributed by atoms with Gasteiger partial charge in [-0.2, -0.15) is 0 Å². The Morgan fingerprint density at radius 3 is 2.86 bits per heavy atom. The number of carbonyl (C=O) groups is 1. The number of hydrogen-bond donors (Lipinski definition) is 1. The van der Waals surface area contributed by atoms with Crippen LogP contribution in [-0.4, -0.2) is 16.1 Å². The van der Waals surface area contributed by atoms with Crippen molar-refractivity contribution in [3.63, 3.8) is 0 Å². The van der Waals surface area contributed by atoms with Crippen molar-refractivity contribution in [3.05, 3.63) is 82.3 Å². The van der Waals surface area contributed by atoms with Crippen LogP contribution < -0.4 is 0 Å². The largest absolute Gasteiger partial charge is 0.506 e. The van der Waals surface area contributed by atoms with E-state index in [9.17, 15) is 9.90 Å². The lowest BCUT2D eigenvalue weighted by Gasteiger charge is -2.13. The average Bonchev–Trinajstić information content (AvgIpc) is 2.69.